The van der Waals surface area contributed by atoms with Crippen molar-refractivity contribution in [3.8, 4) is 0 Å². The number of aliphatic carboxylic acids is 1. The van der Waals surface area contributed by atoms with Crippen LogP contribution >= 0.6 is 0 Å². The SMILES string of the molecule is CCCCCC=CCC=CCC=CCC=CCCCC(=O)C(CCN)C(=O)O. The second-order valence-electron chi connectivity index (χ2n) is 6.92. The summed E-state index contributed by atoms with van der Waals surface area (Å²) in [6, 6.07) is 0. The van der Waals surface area contributed by atoms with Crippen LogP contribution in [0, 0.1) is 5.92 Å². The topological polar surface area (TPSA) is 80.4 Å². The van der Waals surface area contributed by atoms with Crippen molar-refractivity contribution in [2.75, 3.05) is 6.54 Å². The Labute approximate surface area is 171 Å². The quantitative estimate of drug-likeness (QED) is 0.178. The van der Waals surface area contributed by atoms with Gasteiger partial charge in [-0.3, -0.25) is 9.59 Å². The van der Waals surface area contributed by atoms with E-state index in [9.17, 15) is 9.59 Å². The molecule has 0 fully saturated rings. The van der Waals surface area contributed by atoms with Crippen LogP contribution < -0.4 is 5.73 Å². The average molecular weight is 390 g/mol. The lowest BCUT2D eigenvalue weighted by Gasteiger charge is -2.08. The summed E-state index contributed by atoms with van der Waals surface area (Å²) < 4.78 is 0. The molecule has 4 nitrogen and oxygen atoms in total. The highest BCUT2D eigenvalue weighted by atomic mass is 16.4. The number of unbranched alkanes of at least 4 members (excludes halogenated alkanes) is 4. The van der Waals surface area contributed by atoms with Gasteiger partial charge in [-0.1, -0.05) is 68.4 Å². The number of ketones is 1. The Morgan fingerprint density at radius 3 is 1.79 bits per heavy atom. The van der Waals surface area contributed by atoms with Crippen molar-refractivity contribution < 1.29 is 14.7 Å². The van der Waals surface area contributed by atoms with E-state index in [0.29, 0.717) is 12.8 Å². The van der Waals surface area contributed by atoms with Crippen LogP contribution in [-0.2, 0) is 9.59 Å². The van der Waals surface area contributed by atoms with Crippen molar-refractivity contribution in [1.82, 2.24) is 0 Å². The summed E-state index contributed by atoms with van der Waals surface area (Å²) in [5.41, 5.74) is 5.36. The Morgan fingerprint density at radius 1 is 0.821 bits per heavy atom. The number of allylic oxidation sites excluding steroid dienone is 8. The van der Waals surface area contributed by atoms with E-state index in [1.807, 2.05) is 0 Å². The molecule has 0 heterocycles. The third kappa shape index (κ3) is 16.2. The molecule has 0 amide bonds. The van der Waals surface area contributed by atoms with Crippen molar-refractivity contribution in [3.05, 3.63) is 48.6 Å². The number of carbonyl (C=O) groups excluding carboxylic acids is 1. The lowest BCUT2D eigenvalue weighted by atomic mass is 9.96. The standard InChI is InChI=1S/C24H39NO3/c1-2-3-4-5-6-7-8-9-10-11-12-13-14-15-16-17-18-19-23(26)22(20-21-25)24(27)28/h6-7,9-10,12-13,15-16,22H,2-5,8,11,14,17-21,25H2,1H3,(H,27,28). The molecule has 0 spiro atoms. The minimum Gasteiger partial charge on any atom is -0.481 e. The van der Waals surface area contributed by atoms with Crippen LogP contribution in [0.25, 0.3) is 0 Å². The maximum absolute atomic E-state index is 11.9. The largest absolute Gasteiger partial charge is 0.481 e. The van der Waals surface area contributed by atoms with Gasteiger partial charge >= 0.3 is 5.97 Å². The van der Waals surface area contributed by atoms with E-state index in [1.165, 1.54) is 25.7 Å². The van der Waals surface area contributed by atoms with Gasteiger partial charge in [-0.05, 0) is 57.9 Å². The maximum Gasteiger partial charge on any atom is 0.314 e. The number of hydrogen-bond acceptors (Lipinski definition) is 3. The van der Waals surface area contributed by atoms with Gasteiger partial charge in [-0.25, -0.2) is 0 Å². The molecular weight excluding hydrogens is 350 g/mol. The molecule has 3 N–H and O–H groups in total. The van der Waals surface area contributed by atoms with Gasteiger partial charge in [0.05, 0.1) is 0 Å². The lowest BCUT2D eigenvalue weighted by Crippen LogP contribution is -2.26. The molecule has 0 bridgehead atoms. The highest BCUT2D eigenvalue weighted by molar-refractivity contribution is 5.98. The molecule has 0 aromatic carbocycles. The van der Waals surface area contributed by atoms with Crippen LogP contribution in [0.15, 0.2) is 48.6 Å². The zero-order valence-electron chi connectivity index (χ0n) is 17.5. The predicted octanol–water partition coefficient (Wildman–Crippen LogP) is 5.75. The van der Waals surface area contributed by atoms with Gasteiger partial charge in [0.25, 0.3) is 0 Å². The van der Waals surface area contributed by atoms with Crippen LogP contribution in [0.5, 0.6) is 0 Å². The zero-order valence-corrected chi connectivity index (χ0v) is 17.5. The minimum atomic E-state index is -1.06. The maximum atomic E-state index is 11.9. The van der Waals surface area contributed by atoms with Crippen molar-refractivity contribution in [3.63, 3.8) is 0 Å². The highest BCUT2D eigenvalue weighted by Crippen LogP contribution is 2.10. The molecule has 158 valence electrons. The Kier molecular flexibility index (Phi) is 18.4. The molecule has 0 aliphatic rings. The molecule has 0 aromatic heterocycles. The number of carbonyl (C=O) groups is 2. The summed E-state index contributed by atoms with van der Waals surface area (Å²) in [5, 5.41) is 9.01. The van der Waals surface area contributed by atoms with E-state index in [4.69, 9.17) is 10.8 Å². The van der Waals surface area contributed by atoms with E-state index in [0.717, 1.165) is 25.7 Å². The summed E-state index contributed by atoms with van der Waals surface area (Å²) >= 11 is 0. The van der Waals surface area contributed by atoms with Crippen LogP contribution in [0.1, 0.15) is 77.6 Å². The Hall–Kier alpha value is -1.94. The molecule has 1 atom stereocenters. The number of Topliss-reactive ketones (excluding diaryl/α,β-unsaturated/α-hetero) is 1. The summed E-state index contributed by atoms with van der Waals surface area (Å²) in [6.07, 6.45) is 27.2. The summed E-state index contributed by atoms with van der Waals surface area (Å²) in [4.78, 5) is 22.9. The van der Waals surface area contributed by atoms with E-state index in [-0.39, 0.29) is 18.7 Å². The smallest absolute Gasteiger partial charge is 0.314 e. The molecule has 0 radical (unpaired) electrons. The fourth-order valence-corrected chi connectivity index (χ4v) is 2.72. The first-order valence-electron chi connectivity index (χ1n) is 10.7. The molecule has 0 rings (SSSR count). The summed E-state index contributed by atoms with van der Waals surface area (Å²) in [5.74, 6) is -2.22. The molecule has 0 aliphatic heterocycles. The Bertz CT molecular complexity index is 518. The number of carboxylic acid groups (broad SMARTS) is 1. The number of hydrogen-bond donors (Lipinski definition) is 2. The molecule has 0 aromatic rings. The van der Waals surface area contributed by atoms with E-state index in [2.05, 4.69) is 55.5 Å². The van der Waals surface area contributed by atoms with E-state index >= 15 is 0 Å². The average Bonchev–Trinajstić information content (AvgIpc) is 2.68. The van der Waals surface area contributed by atoms with E-state index in [1.54, 1.807) is 0 Å². The van der Waals surface area contributed by atoms with Crippen molar-refractivity contribution in [1.29, 1.82) is 0 Å². The first-order valence-corrected chi connectivity index (χ1v) is 10.7. The third-order valence-corrected chi connectivity index (χ3v) is 4.39. The second-order valence-corrected chi connectivity index (χ2v) is 6.92. The Morgan fingerprint density at radius 2 is 1.32 bits per heavy atom. The van der Waals surface area contributed by atoms with Crippen molar-refractivity contribution in [2.45, 2.75) is 77.6 Å². The lowest BCUT2D eigenvalue weighted by molar-refractivity contribution is -0.146. The number of rotatable bonds is 18. The summed E-state index contributed by atoms with van der Waals surface area (Å²) in [7, 11) is 0. The van der Waals surface area contributed by atoms with Gasteiger partial charge in [0.2, 0.25) is 0 Å². The first kappa shape index (κ1) is 26.1. The van der Waals surface area contributed by atoms with Crippen LogP contribution in [0.3, 0.4) is 0 Å². The molecule has 4 heteroatoms. The van der Waals surface area contributed by atoms with Gasteiger partial charge in [0.1, 0.15) is 11.7 Å². The van der Waals surface area contributed by atoms with Gasteiger partial charge in [0, 0.05) is 6.42 Å². The molecule has 0 aliphatic carbocycles. The highest BCUT2D eigenvalue weighted by Gasteiger charge is 2.24. The monoisotopic (exact) mass is 389 g/mol. The molecule has 1 unspecified atom stereocenters. The second kappa shape index (κ2) is 19.8. The van der Waals surface area contributed by atoms with Crippen LogP contribution in [0.4, 0.5) is 0 Å². The van der Waals surface area contributed by atoms with Crippen LogP contribution in [0.2, 0.25) is 0 Å². The minimum absolute atomic E-state index is 0.214. The van der Waals surface area contributed by atoms with Gasteiger partial charge < -0.3 is 10.8 Å². The molecule has 28 heavy (non-hydrogen) atoms. The molecule has 0 saturated heterocycles. The fraction of sp³-hybridized carbons (Fsp3) is 0.583. The number of carboxylic acids is 1. The van der Waals surface area contributed by atoms with Crippen molar-refractivity contribution in [2.24, 2.45) is 11.7 Å². The summed E-state index contributed by atoms with van der Waals surface area (Å²) in [6.45, 7) is 2.45. The zero-order chi connectivity index (χ0) is 20.9. The van der Waals surface area contributed by atoms with Crippen molar-refractivity contribution >= 4 is 11.8 Å². The van der Waals surface area contributed by atoms with Gasteiger partial charge in [-0.15, -0.1) is 0 Å². The van der Waals surface area contributed by atoms with Gasteiger partial charge in [-0.2, -0.15) is 0 Å². The third-order valence-electron chi connectivity index (χ3n) is 4.39. The normalized spacial score (nSPS) is 13.4. The number of nitrogens with two attached hydrogens (primary N) is 1. The van der Waals surface area contributed by atoms with E-state index < -0.39 is 11.9 Å². The first-order chi connectivity index (χ1) is 13.6. The molecule has 0 saturated carbocycles. The van der Waals surface area contributed by atoms with Gasteiger partial charge in [0.15, 0.2) is 0 Å². The Balaban J connectivity index is 3.69. The predicted molar refractivity (Wildman–Crippen MR) is 118 cm³/mol. The van der Waals surface area contributed by atoms with Crippen LogP contribution in [-0.4, -0.2) is 23.4 Å². The molecular formula is C24H39NO3. The fourth-order valence-electron chi connectivity index (χ4n) is 2.72.